The molecule has 0 radical (unpaired) electrons. The molecule has 0 heterocycles. The second kappa shape index (κ2) is 32.5. The van der Waals surface area contributed by atoms with Gasteiger partial charge >= 0.3 is 0 Å². The molecule has 1 N–H and O–H groups in total. The third kappa shape index (κ3) is 32.4. The lowest BCUT2D eigenvalue weighted by atomic mass is 10.1. The fourth-order valence-corrected chi connectivity index (χ4v) is 5.58. The predicted octanol–water partition coefficient (Wildman–Crippen LogP) is 11.0. The van der Waals surface area contributed by atoms with Crippen LogP contribution < -0.4 is 5.32 Å². The van der Waals surface area contributed by atoms with Crippen molar-refractivity contribution in [2.45, 2.75) is 187 Å². The Labute approximate surface area is 241 Å². The Morgan fingerprint density at radius 1 is 0.459 bits per heavy atom. The van der Waals surface area contributed by atoms with E-state index >= 15 is 0 Å². The number of hydrogen-bond acceptors (Lipinski definition) is 3. The maximum absolute atomic E-state index is 4.54. The molecule has 1 atom stereocenters. The Morgan fingerprint density at radius 2 is 0.811 bits per heavy atom. The Bertz CT molecular complexity index is 401. The van der Waals surface area contributed by atoms with Crippen LogP contribution in [0.5, 0.6) is 0 Å². The Morgan fingerprint density at radius 3 is 1.27 bits per heavy atom. The monoisotopic (exact) mass is 541 g/mol. The number of nitrogens with zero attached hydrogens (tertiary/aromatic N) is 1. The summed E-state index contributed by atoms with van der Waals surface area (Å²) in [5.41, 5.74) is 0. The molecular formula is C34H72N2S. The van der Waals surface area contributed by atoms with Gasteiger partial charge in [-0.25, -0.2) is 0 Å². The molecule has 0 aliphatic rings. The second-order valence-electron chi connectivity index (χ2n) is 12.0. The van der Waals surface area contributed by atoms with Gasteiger partial charge in [-0.1, -0.05) is 149 Å². The summed E-state index contributed by atoms with van der Waals surface area (Å²) >= 11 is 4.54. The standard InChI is InChI=1S/C34H72N2S/c1-4-6-8-10-12-14-16-18-20-24-29-35-30-27-33-36(32-26-22-23-28-34(3)37)31-25-21-19-17-15-13-11-9-7-5-2/h34-35,37H,4-33H2,1-3H3. The van der Waals surface area contributed by atoms with Gasteiger partial charge in [0.25, 0.3) is 0 Å². The van der Waals surface area contributed by atoms with Crippen LogP contribution in [0.2, 0.25) is 0 Å². The van der Waals surface area contributed by atoms with Crippen molar-refractivity contribution in [3.05, 3.63) is 0 Å². The molecule has 3 heteroatoms. The average molecular weight is 541 g/mol. The first-order valence-electron chi connectivity index (χ1n) is 17.3. The number of thiol groups is 1. The van der Waals surface area contributed by atoms with Gasteiger partial charge in [0.2, 0.25) is 0 Å². The molecule has 0 saturated heterocycles. The molecule has 2 nitrogen and oxygen atoms in total. The van der Waals surface area contributed by atoms with Crippen molar-refractivity contribution in [3.63, 3.8) is 0 Å². The van der Waals surface area contributed by atoms with E-state index in [9.17, 15) is 0 Å². The van der Waals surface area contributed by atoms with E-state index in [2.05, 4.69) is 43.6 Å². The highest BCUT2D eigenvalue weighted by Crippen LogP contribution is 2.13. The summed E-state index contributed by atoms with van der Waals surface area (Å²) in [6.45, 7) is 13.2. The van der Waals surface area contributed by atoms with Gasteiger partial charge < -0.3 is 10.2 Å². The molecule has 0 saturated carbocycles. The van der Waals surface area contributed by atoms with Gasteiger partial charge in [-0.3, -0.25) is 0 Å². The first kappa shape index (κ1) is 37.3. The van der Waals surface area contributed by atoms with Gasteiger partial charge in [0, 0.05) is 0 Å². The van der Waals surface area contributed by atoms with E-state index in [1.807, 2.05) is 0 Å². The van der Waals surface area contributed by atoms with Gasteiger partial charge in [-0.15, -0.1) is 0 Å². The summed E-state index contributed by atoms with van der Waals surface area (Å²) in [5.74, 6) is 0. The van der Waals surface area contributed by atoms with Gasteiger partial charge in [0.1, 0.15) is 0 Å². The average Bonchev–Trinajstić information content (AvgIpc) is 2.89. The highest BCUT2D eigenvalue weighted by Gasteiger charge is 2.05. The van der Waals surface area contributed by atoms with Crippen molar-refractivity contribution in [2.75, 3.05) is 32.7 Å². The zero-order valence-corrected chi connectivity index (χ0v) is 27.1. The van der Waals surface area contributed by atoms with Crippen molar-refractivity contribution in [3.8, 4) is 0 Å². The molecule has 0 aromatic heterocycles. The minimum atomic E-state index is 0.560. The molecule has 0 aromatic rings. The van der Waals surface area contributed by atoms with Crippen LogP contribution >= 0.6 is 12.6 Å². The third-order valence-electron chi connectivity index (χ3n) is 7.96. The summed E-state index contributed by atoms with van der Waals surface area (Å²) < 4.78 is 0. The van der Waals surface area contributed by atoms with Crippen molar-refractivity contribution in [1.29, 1.82) is 0 Å². The Hall–Kier alpha value is 0.270. The van der Waals surface area contributed by atoms with E-state index < -0.39 is 0 Å². The van der Waals surface area contributed by atoms with Gasteiger partial charge in [-0.2, -0.15) is 12.6 Å². The van der Waals surface area contributed by atoms with Crippen LogP contribution in [-0.4, -0.2) is 42.9 Å². The topological polar surface area (TPSA) is 15.3 Å². The molecule has 0 spiro atoms. The summed E-state index contributed by atoms with van der Waals surface area (Å²) in [4.78, 5) is 2.77. The molecule has 0 fully saturated rings. The van der Waals surface area contributed by atoms with Crippen LogP contribution in [0.3, 0.4) is 0 Å². The molecule has 0 bridgehead atoms. The minimum absolute atomic E-state index is 0.560. The SMILES string of the molecule is CCCCCCCCCCCCNCCCN(CCCCCCCCCCCC)CCCCCC(C)S. The molecule has 0 aliphatic heterocycles. The van der Waals surface area contributed by atoms with Gasteiger partial charge in [0.15, 0.2) is 0 Å². The maximum atomic E-state index is 4.54. The summed E-state index contributed by atoms with van der Waals surface area (Å²) in [7, 11) is 0. The van der Waals surface area contributed by atoms with Crippen molar-refractivity contribution < 1.29 is 0 Å². The van der Waals surface area contributed by atoms with Crippen LogP contribution in [0.15, 0.2) is 0 Å². The molecule has 1 unspecified atom stereocenters. The van der Waals surface area contributed by atoms with E-state index in [-0.39, 0.29) is 0 Å². The first-order chi connectivity index (χ1) is 18.2. The van der Waals surface area contributed by atoms with Gasteiger partial charge in [0.05, 0.1) is 0 Å². The molecule has 0 rings (SSSR count). The highest BCUT2D eigenvalue weighted by atomic mass is 32.1. The minimum Gasteiger partial charge on any atom is -0.317 e. The fourth-order valence-electron chi connectivity index (χ4n) is 5.40. The number of unbranched alkanes of at least 4 members (excludes halogenated alkanes) is 20. The summed E-state index contributed by atoms with van der Waals surface area (Å²) in [6, 6.07) is 0. The van der Waals surface area contributed by atoms with Crippen LogP contribution in [0.25, 0.3) is 0 Å². The molecule has 0 aromatic carbocycles. The summed E-state index contributed by atoms with van der Waals surface area (Å²) in [6.07, 6.45) is 35.3. The lowest BCUT2D eigenvalue weighted by molar-refractivity contribution is 0.256. The highest BCUT2D eigenvalue weighted by molar-refractivity contribution is 7.80. The lowest BCUT2D eigenvalue weighted by Gasteiger charge is -2.22. The zero-order valence-electron chi connectivity index (χ0n) is 26.2. The van der Waals surface area contributed by atoms with E-state index in [4.69, 9.17) is 0 Å². The molecule has 37 heavy (non-hydrogen) atoms. The van der Waals surface area contributed by atoms with Crippen molar-refractivity contribution >= 4 is 12.6 Å². The van der Waals surface area contributed by atoms with E-state index in [0.717, 1.165) is 0 Å². The van der Waals surface area contributed by atoms with E-state index in [1.54, 1.807) is 0 Å². The smallest absolute Gasteiger partial charge is 0.000664 e. The Kier molecular flexibility index (Phi) is 32.7. The van der Waals surface area contributed by atoms with Crippen LogP contribution in [0.1, 0.15) is 181 Å². The van der Waals surface area contributed by atoms with Crippen molar-refractivity contribution in [1.82, 2.24) is 10.2 Å². The quantitative estimate of drug-likeness (QED) is 0.0651. The fraction of sp³-hybridized carbons (Fsp3) is 1.00. The molecule has 0 amide bonds. The van der Waals surface area contributed by atoms with Gasteiger partial charge in [-0.05, 0) is 70.1 Å². The van der Waals surface area contributed by atoms with Crippen LogP contribution in [0.4, 0.5) is 0 Å². The Balaban J connectivity index is 3.76. The number of hydrogen-bond donors (Lipinski definition) is 2. The van der Waals surface area contributed by atoms with Crippen molar-refractivity contribution in [2.24, 2.45) is 0 Å². The van der Waals surface area contributed by atoms with Crippen LogP contribution in [0, 0.1) is 0 Å². The maximum Gasteiger partial charge on any atom is -0.000664 e. The zero-order chi connectivity index (χ0) is 27.1. The van der Waals surface area contributed by atoms with E-state index in [1.165, 1.54) is 193 Å². The second-order valence-corrected chi connectivity index (χ2v) is 12.9. The molecule has 0 aliphatic carbocycles. The van der Waals surface area contributed by atoms with Crippen LogP contribution in [-0.2, 0) is 0 Å². The molecule has 224 valence electrons. The largest absolute Gasteiger partial charge is 0.317 e. The normalized spacial score (nSPS) is 12.6. The van der Waals surface area contributed by atoms with E-state index in [0.29, 0.717) is 5.25 Å². The lowest BCUT2D eigenvalue weighted by Crippen LogP contribution is -2.30. The molecular weight excluding hydrogens is 468 g/mol. The number of nitrogens with one attached hydrogen (secondary N) is 1. The first-order valence-corrected chi connectivity index (χ1v) is 17.8. The predicted molar refractivity (Wildman–Crippen MR) is 175 cm³/mol. The summed E-state index contributed by atoms with van der Waals surface area (Å²) in [5, 5.41) is 4.29. The number of rotatable bonds is 32. The third-order valence-corrected chi connectivity index (χ3v) is 8.22.